The molecule has 0 aliphatic heterocycles. The fourth-order valence-corrected chi connectivity index (χ4v) is 2.56. The zero-order valence-electron chi connectivity index (χ0n) is 12.6. The van der Waals surface area contributed by atoms with Crippen molar-refractivity contribution in [1.82, 2.24) is 9.55 Å². The molecule has 0 radical (unpaired) electrons. The van der Waals surface area contributed by atoms with Crippen molar-refractivity contribution in [2.24, 2.45) is 0 Å². The summed E-state index contributed by atoms with van der Waals surface area (Å²) in [6.07, 6.45) is 3.53. The van der Waals surface area contributed by atoms with Crippen LogP contribution in [0, 0.1) is 0 Å². The summed E-state index contributed by atoms with van der Waals surface area (Å²) in [6, 6.07) is 14.6. The van der Waals surface area contributed by atoms with Gasteiger partial charge in [-0.25, -0.2) is 9.78 Å². The molecule has 1 aromatic heterocycles. The molecule has 0 saturated heterocycles. The number of para-hydroxylation sites is 1. The molecule has 5 nitrogen and oxygen atoms in total. The number of carboxylic acids is 1. The number of rotatable bonds is 5. The molecule has 0 bridgehead atoms. The maximum atomic E-state index is 11.4. The molecule has 0 aliphatic carbocycles. The van der Waals surface area contributed by atoms with E-state index < -0.39 is 5.97 Å². The van der Waals surface area contributed by atoms with E-state index in [0.29, 0.717) is 12.1 Å². The molecule has 0 saturated carbocycles. The minimum atomic E-state index is -0.931. The Morgan fingerprint density at radius 2 is 1.91 bits per heavy atom. The standard InChI is InChI=1S/C18H16N2O3/c1-23-16-9-5-4-8-15(16)17-19-10-11-20(17)12-13-6-2-3-7-14(13)18(21)22/h2-11H,12H2,1H3,(H,21,22). The second kappa shape index (κ2) is 6.36. The molecule has 23 heavy (non-hydrogen) atoms. The molecule has 0 atom stereocenters. The lowest BCUT2D eigenvalue weighted by atomic mass is 10.1. The van der Waals surface area contributed by atoms with Crippen LogP contribution in [0.3, 0.4) is 0 Å². The van der Waals surface area contributed by atoms with Crippen molar-refractivity contribution in [3.8, 4) is 17.1 Å². The van der Waals surface area contributed by atoms with Gasteiger partial charge in [0.05, 0.1) is 18.2 Å². The zero-order valence-corrected chi connectivity index (χ0v) is 12.6. The maximum Gasteiger partial charge on any atom is 0.336 e. The van der Waals surface area contributed by atoms with Crippen LogP contribution in [0.2, 0.25) is 0 Å². The van der Waals surface area contributed by atoms with Crippen LogP contribution >= 0.6 is 0 Å². The average molecular weight is 308 g/mol. The second-order valence-corrected chi connectivity index (χ2v) is 5.04. The minimum Gasteiger partial charge on any atom is -0.496 e. The Morgan fingerprint density at radius 3 is 2.70 bits per heavy atom. The Morgan fingerprint density at radius 1 is 1.17 bits per heavy atom. The molecule has 0 spiro atoms. The van der Waals surface area contributed by atoms with Crippen LogP contribution in [0.5, 0.6) is 5.75 Å². The Hall–Kier alpha value is -3.08. The number of hydrogen-bond donors (Lipinski definition) is 1. The van der Waals surface area contributed by atoms with Crippen LogP contribution in [0.4, 0.5) is 0 Å². The van der Waals surface area contributed by atoms with Crippen LogP contribution in [-0.4, -0.2) is 27.7 Å². The van der Waals surface area contributed by atoms with Gasteiger partial charge in [-0.05, 0) is 23.8 Å². The SMILES string of the molecule is COc1ccccc1-c1nccn1Cc1ccccc1C(=O)O. The number of ether oxygens (including phenoxy) is 1. The highest BCUT2D eigenvalue weighted by molar-refractivity contribution is 5.89. The van der Waals surface area contributed by atoms with Crippen molar-refractivity contribution in [1.29, 1.82) is 0 Å². The number of carbonyl (C=O) groups is 1. The van der Waals surface area contributed by atoms with E-state index in [1.807, 2.05) is 47.2 Å². The van der Waals surface area contributed by atoms with Crippen molar-refractivity contribution < 1.29 is 14.6 Å². The zero-order chi connectivity index (χ0) is 16.2. The van der Waals surface area contributed by atoms with E-state index in [4.69, 9.17) is 4.74 Å². The van der Waals surface area contributed by atoms with Gasteiger partial charge in [-0.2, -0.15) is 0 Å². The smallest absolute Gasteiger partial charge is 0.336 e. The average Bonchev–Trinajstić information content (AvgIpc) is 3.03. The molecule has 0 unspecified atom stereocenters. The molecule has 116 valence electrons. The van der Waals surface area contributed by atoms with Gasteiger partial charge in [-0.15, -0.1) is 0 Å². The second-order valence-electron chi connectivity index (χ2n) is 5.04. The first-order chi connectivity index (χ1) is 11.2. The van der Waals surface area contributed by atoms with Crippen LogP contribution in [0.1, 0.15) is 15.9 Å². The molecule has 1 N–H and O–H groups in total. The van der Waals surface area contributed by atoms with Gasteiger partial charge < -0.3 is 14.4 Å². The number of aromatic nitrogens is 2. The van der Waals surface area contributed by atoms with Crippen molar-refractivity contribution in [2.75, 3.05) is 7.11 Å². The van der Waals surface area contributed by atoms with Gasteiger partial charge in [0, 0.05) is 18.9 Å². The molecule has 5 heteroatoms. The molecule has 2 aromatic carbocycles. The highest BCUT2D eigenvalue weighted by Gasteiger charge is 2.14. The fraction of sp³-hybridized carbons (Fsp3) is 0.111. The monoisotopic (exact) mass is 308 g/mol. The maximum absolute atomic E-state index is 11.4. The Kier molecular flexibility index (Phi) is 4.10. The van der Waals surface area contributed by atoms with Crippen LogP contribution in [0.15, 0.2) is 60.9 Å². The van der Waals surface area contributed by atoms with Gasteiger partial charge in [-0.3, -0.25) is 0 Å². The number of hydrogen-bond acceptors (Lipinski definition) is 3. The molecule has 0 amide bonds. The van der Waals surface area contributed by atoms with Gasteiger partial charge in [0.25, 0.3) is 0 Å². The molecule has 3 rings (SSSR count). The van der Waals surface area contributed by atoms with E-state index in [2.05, 4.69) is 4.98 Å². The minimum absolute atomic E-state index is 0.298. The predicted octanol–water partition coefficient (Wildman–Crippen LogP) is 3.31. The molecular formula is C18H16N2O3. The first-order valence-electron chi connectivity index (χ1n) is 7.16. The number of methoxy groups -OCH3 is 1. The van der Waals surface area contributed by atoms with E-state index in [9.17, 15) is 9.90 Å². The lowest BCUT2D eigenvalue weighted by Crippen LogP contribution is -2.08. The van der Waals surface area contributed by atoms with E-state index in [0.717, 1.165) is 22.7 Å². The van der Waals surface area contributed by atoms with Gasteiger partial charge >= 0.3 is 5.97 Å². The largest absolute Gasteiger partial charge is 0.496 e. The molecule has 1 heterocycles. The third-order valence-electron chi connectivity index (χ3n) is 3.65. The quantitative estimate of drug-likeness (QED) is 0.785. The Balaban J connectivity index is 2.01. The normalized spacial score (nSPS) is 10.5. The molecule has 0 fully saturated rings. The fourth-order valence-electron chi connectivity index (χ4n) is 2.56. The predicted molar refractivity (Wildman–Crippen MR) is 86.7 cm³/mol. The van der Waals surface area contributed by atoms with Crippen molar-refractivity contribution in [2.45, 2.75) is 6.54 Å². The van der Waals surface area contributed by atoms with Crippen LogP contribution in [-0.2, 0) is 6.54 Å². The number of imidazole rings is 1. The summed E-state index contributed by atoms with van der Waals surface area (Å²) in [7, 11) is 1.62. The highest BCUT2D eigenvalue weighted by atomic mass is 16.5. The number of aromatic carboxylic acids is 1. The first-order valence-corrected chi connectivity index (χ1v) is 7.16. The van der Waals surface area contributed by atoms with E-state index in [1.165, 1.54) is 0 Å². The lowest BCUT2D eigenvalue weighted by Gasteiger charge is -2.12. The van der Waals surface area contributed by atoms with E-state index >= 15 is 0 Å². The summed E-state index contributed by atoms with van der Waals surface area (Å²) in [6.45, 7) is 0.426. The van der Waals surface area contributed by atoms with Crippen LogP contribution in [0.25, 0.3) is 11.4 Å². The van der Waals surface area contributed by atoms with Crippen LogP contribution < -0.4 is 4.74 Å². The van der Waals surface area contributed by atoms with Crippen molar-refractivity contribution in [3.63, 3.8) is 0 Å². The van der Waals surface area contributed by atoms with Gasteiger partial charge in [0.15, 0.2) is 0 Å². The summed E-state index contributed by atoms with van der Waals surface area (Å²) in [5, 5.41) is 9.32. The lowest BCUT2D eigenvalue weighted by molar-refractivity contribution is 0.0695. The highest BCUT2D eigenvalue weighted by Crippen LogP contribution is 2.28. The summed E-state index contributed by atoms with van der Waals surface area (Å²) in [4.78, 5) is 15.8. The Labute approximate surface area is 133 Å². The van der Waals surface area contributed by atoms with Gasteiger partial charge in [0.1, 0.15) is 11.6 Å². The Bertz CT molecular complexity index is 840. The summed E-state index contributed by atoms with van der Waals surface area (Å²) in [5.74, 6) is 0.536. The van der Waals surface area contributed by atoms with Gasteiger partial charge in [0.2, 0.25) is 0 Å². The molecular weight excluding hydrogens is 292 g/mol. The topological polar surface area (TPSA) is 64.4 Å². The van der Waals surface area contributed by atoms with E-state index in [-0.39, 0.29) is 0 Å². The summed E-state index contributed by atoms with van der Waals surface area (Å²) >= 11 is 0. The first kappa shape index (κ1) is 14.8. The van der Waals surface area contributed by atoms with Crippen molar-refractivity contribution in [3.05, 3.63) is 72.1 Å². The van der Waals surface area contributed by atoms with E-state index in [1.54, 1.807) is 25.4 Å². The van der Waals surface area contributed by atoms with Crippen molar-refractivity contribution >= 4 is 5.97 Å². The summed E-state index contributed by atoms with van der Waals surface area (Å²) < 4.78 is 7.31. The van der Waals surface area contributed by atoms with Gasteiger partial charge in [-0.1, -0.05) is 30.3 Å². The number of benzene rings is 2. The molecule has 0 aliphatic rings. The number of nitrogens with zero attached hydrogens (tertiary/aromatic N) is 2. The third kappa shape index (κ3) is 2.94. The summed E-state index contributed by atoms with van der Waals surface area (Å²) in [5.41, 5.74) is 1.90. The molecule has 3 aromatic rings. The third-order valence-corrected chi connectivity index (χ3v) is 3.65. The number of carboxylic acid groups (broad SMARTS) is 1.